The summed E-state index contributed by atoms with van der Waals surface area (Å²) in [5.74, 6) is 7.14. The summed E-state index contributed by atoms with van der Waals surface area (Å²) in [6.45, 7) is 8.67. The van der Waals surface area contributed by atoms with Gasteiger partial charge in [-0.05, 0) is 61.8 Å². The Bertz CT molecular complexity index is 2120. The minimum absolute atomic E-state index is 0.117. The number of imidazole rings is 2. The van der Waals surface area contributed by atoms with E-state index in [2.05, 4.69) is 32.4 Å². The summed E-state index contributed by atoms with van der Waals surface area (Å²) < 4.78 is 9.49. The number of methoxy groups -OCH3 is 2. The van der Waals surface area contributed by atoms with Gasteiger partial charge in [0.05, 0.1) is 48.1 Å². The van der Waals surface area contributed by atoms with Crippen molar-refractivity contribution in [3.05, 3.63) is 70.4 Å². The Hall–Kier alpha value is -5.55. The number of amides is 4. The molecule has 2 aliphatic rings. The Labute approximate surface area is 325 Å². The summed E-state index contributed by atoms with van der Waals surface area (Å²) in [5.41, 5.74) is 4.45. The van der Waals surface area contributed by atoms with E-state index in [9.17, 15) is 19.2 Å². The van der Waals surface area contributed by atoms with Crippen LogP contribution >= 0.6 is 11.6 Å². The molecule has 55 heavy (non-hydrogen) atoms. The normalized spacial score (nSPS) is 17.9. The molecule has 290 valence electrons. The minimum atomic E-state index is -0.721. The number of carbonyl (C=O) groups is 4. The highest BCUT2D eigenvalue weighted by molar-refractivity contribution is 6.32. The Morgan fingerprint density at radius 3 is 1.93 bits per heavy atom. The Morgan fingerprint density at radius 2 is 1.38 bits per heavy atom. The van der Waals surface area contributed by atoms with Gasteiger partial charge in [0, 0.05) is 36.0 Å². The number of likely N-dealkylation sites (tertiary alicyclic amines) is 2. The third kappa shape index (κ3) is 8.57. The highest BCUT2D eigenvalue weighted by Crippen LogP contribution is 2.35. The zero-order chi connectivity index (χ0) is 39.4. The molecular weight excluding hydrogens is 724 g/mol. The summed E-state index contributed by atoms with van der Waals surface area (Å²) in [5, 5.41) is 5.83. The Morgan fingerprint density at radius 1 is 0.818 bits per heavy atom. The van der Waals surface area contributed by atoms with Crippen LogP contribution in [0.25, 0.3) is 22.3 Å². The van der Waals surface area contributed by atoms with E-state index < -0.39 is 24.3 Å². The molecule has 4 aromatic rings. The van der Waals surface area contributed by atoms with Crippen molar-refractivity contribution in [3.63, 3.8) is 0 Å². The molecule has 6 rings (SSSR count). The van der Waals surface area contributed by atoms with E-state index >= 15 is 0 Å². The molecule has 2 aromatic heterocycles. The highest BCUT2D eigenvalue weighted by Gasteiger charge is 2.39. The van der Waals surface area contributed by atoms with Crippen LogP contribution in [-0.4, -0.2) is 93.1 Å². The van der Waals surface area contributed by atoms with Crippen molar-refractivity contribution in [1.29, 1.82) is 0 Å². The molecule has 4 amide bonds. The molecule has 0 radical (unpaired) electrons. The van der Waals surface area contributed by atoms with E-state index in [1.807, 2.05) is 64.2 Å². The lowest BCUT2D eigenvalue weighted by Gasteiger charge is -2.29. The second-order valence-corrected chi connectivity index (χ2v) is 15.0. The number of benzene rings is 2. The number of aromatic nitrogens is 4. The lowest BCUT2D eigenvalue weighted by molar-refractivity contribution is -0.136. The van der Waals surface area contributed by atoms with Crippen LogP contribution in [0.15, 0.2) is 42.6 Å². The number of nitrogens with one attached hydrogen (secondary N) is 4. The van der Waals surface area contributed by atoms with Gasteiger partial charge in [-0.3, -0.25) is 9.59 Å². The van der Waals surface area contributed by atoms with E-state index in [-0.39, 0.29) is 35.7 Å². The summed E-state index contributed by atoms with van der Waals surface area (Å²) in [7, 11) is 2.56. The first kappa shape index (κ1) is 39.2. The van der Waals surface area contributed by atoms with Crippen molar-refractivity contribution < 1.29 is 28.7 Å². The SMILES string of the molecule is COC(=O)N[C@H](C(=O)N1CCC[C@H]1c1nc(-c2ccc(C#Cc3cc4nc([C@@H]5CCCN5C(=O)[C@@H](NC(=O)OC)C(C)C)[nH]c4cc3Cl)cc2)c[nH]1)C(C)C. The van der Waals surface area contributed by atoms with Crippen molar-refractivity contribution in [2.75, 3.05) is 27.3 Å². The number of hydrogen-bond acceptors (Lipinski definition) is 8. The third-order valence-corrected chi connectivity index (χ3v) is 10.5. The minimum Gasteiger partial charge on any atom is -0.453 e. The third-order valence-electron chi connectivity index (χ3n) is 10.2. The van der Waals surface area contributed by atoms with Crippen LogP contribution in [-0.2, 0) is 19.1 Å². The van der Waals surface area contributed by atoms with Crippen LogP contribution < -0.4 is 10.6 Å². The Kier molecular flexibility index (Phi) is 12.0. The smallest absolute Gasteiger partial charge is 0.407 e. The molecule has 2 aromatic carbocycles. The summed E-state index contributed by atoms with van der Waals surface area (Å²) in [6.07, 6.45) is 3.69. The zero-order valence-electron chi connectivity index (χ0n) is 31.9. The van der Waals surface area contributed by atoms with Gasteiger partial charge in [0.25, 0.3) is 0 Å². The number of carbonyl (C=O) groups excluding carboxylic acids is 4. The molecule has 0 spiro atoms. The molecule has 4 atom stereocenters. The zero-order valence-corrected chi connectivity index (χ0v) is 32.6. The van der Waals surface area contributed by atoms with Crippen molar-refractivity contribution in [2.45, 2.75) is 77.5 Å². The first-order valence-corrected chi connectivity index (χ1v) is 18.9. The van der Waals surface area contributed by atoms with Gasteiger partial charge in [-0.25, -0.2) is 19.6 Å². The summed E-state index contributed by atoms with van der Waals surface area (Å²) in [6, 6.07) is 9.43. The highest BCUT2D eigenvalue weighted by atomic mass is 35.5. The predicted octanol–water partition coefficient (Wildman–Crippen LogP) is 6.09. The number of halogens is 1. The van der Waals surface area contributed by atoms with Gasteiger partial charge in [-0.1, -0.05) is 63.3 Å². The van der Waals surface area contributed by atoms with Gasteiger partial charge in [-0.2, -0.15) is 0 Å². The topological polar surface area (TPSA) is 175 Å². The molecular formula is C40H47ClN8O6. The van der Waals surface area contributed by atoms with Crippen LogP contribution in [0.3, 0.4) is 0 Å². The molecule has 0 bridgehead atoms. The standard InChI is InChI=1S/C40H47ClN8O6/c1-22(2)33(46-39(52)54-5)37(50)48-17-7-9-31(48)35-42-21-30(45-35)25-14-11-24(12-15-25)13-16-26-19-28-29(20-27(26)41)44-36(43-28)32-10-8-18-49(32)38(51)34(23(3)4)47-40(53)55-6/h11-12,14-15,19-23,31-34H,7-10,17-18H2,1-6H3,(H,42,45)(H,43,44)(H,46,52)(H,47,53)/t31-,32-,33-,34-/m0/s1. The maximum Gasteiger partial charge on any atom is 0.407 e. The van der Waals surface area contributed by atoms with Crippen molar-refractivity contribution in [1.82, 2.24) is 40.4 Å². The second-order valence-electron chi connectivity index (χ2n) is 14.6. The average Bonchev–Trinajstić information content (AvgIpc) is 4.00. The fourth-order valence-electron chi connectivity index (χ4n) is 7.21. The maximum atomic E-state index is 13.6. The molecule has 14 nitrogen and oxygen atoms in total. The number of H-pyrrole nitrogens is 2. The van der Waals surface area contributed by atoms with Gasteiger partial charge >= 0.3 is 12.2 Å². The number of fused-ring (bicyclic) bond motifs is 1. The lowest BCUT2D eigenvalue weighted by atomic mass is 10.0. The van der Waals surface area contributed by atoms with E-state index in [0.29, 0.717) is 40.8 Å². The van der Waals surface area contributed by atoms with E-state index in [1.165, 1.54) is 14.2 Å². The number of nitrogens with zero attached hydrogens (tertiary/aromatic N) is 4. The van der Waals surface area contributed by atoms with E-state index in [0.717, 1.165) is 48.0 Å². The number of ether oxygens (including phenoxy) is 2. The quantitative estimate of drug-likeness (QED) is 0.148. The molecule has 4 heterocycles. The van der Waals surface area contributed by atoms with E-state index in [4.69, 9.17) is 31.0 Å². The van der Waals surface area contributed by atoms with Crippen LogP contribution in [0, 0.1) is 23.7 Å². The van der Waals surface area contributed by atoms with Crippen molar-refractivity contribution in [2.24, 2.45) is 11.8 Å². The predicted molar refractivity (Wildman–Crippen MR) is 207 cm³/mol. The largest absolute Gasteiger partial charge is 0.453 e. The van der Waals surface area contributed by atoms with Gasteiger partial charge in [0.1, 0.15) is 23.7 Å². The van der Waals surface area contributed by atoms with Crippen LogP contribution in [0.1, 0.15) is 88.2 Å². The van der Waals surface area contributed by atoms with Gasteiger partial charge in [0.2, 0.25) is 11.8 Å². The van der Waals surface area contributed by atoms with Gasteiger partial charge < -0.3 is 39.9 Å². The number of hydrogen-bond donors (Lipinski definition) is 4. The first-order valence-electron chi connectivity index (χ1n) is 18.5. The molecule has 0 aliphatic carbocycles. The fraction of sp³-hybridized carbons (Fsp3) is 0.450. The van der Waals surface area contributed by atoms with E-state index in [1.54, 1.807) is 15.9 Å². The van der Waals surface area contributed by atoms with Gasteiger partial charge in [0.15, 0.2) is 0 Å². The molecule has 15 heteroatoms. The summed E-state index contributed by atoms with van der Waals surface area (Å²) in [4.78, 5) is 70.8. The molecule has 0 saturated carbocycles. The monoisotopic (exact) mass is 770 g/mol. The molecule has 2 aliphatic heterocycles. The second kappa shape index (κ2) is 16.9. The fourth-order valence-corrected chi connectivity index (χ4v) is 7.42. The van der Waals surface area contributed by atoms with Crippen LogP contribution in [0.2, 0.25) is 5.02 Å². The molecule has 0 unspecified atom stereocenters. The maximum absolute atomic E-state index is 13.6. The van der Waals surface area contributed by atoms with Crippen molar-refractivity contribution in [3.8, 4) is 23.1 Å². The molecule has 2 fully saturated rings. The first-order chi connectivity index (χ1) is 26.4. The Balaban J connectivity index is 1.14. The van der Waals surface area contributed by atoms with Crippen molar-refractivity contribution >= 4 is 46.6 Å². The average molecular weight is 771 g/mol. The van der Waals surface area contributed by atoms with Gasteiger partial charge in [-0.15, -0.1) is 0 Å². The number of aromatic amines is 2. The molecule has 2 saturated heterocycles. The van der Waals surface area contributed by atoms with Crippen LogP contribution in [0.4, 0.5) is 9.59 Å². The molecule has 4 N–H and O–H groups in total. The number of alkyl carbamates (subject to hydrolysis) is 2. The van der Waals surface area contributed by atoms with Crippen LogP contribution in [0.5, 0.6) is 0 Å². The lowest BCUT2D eigenvalue weighted by Crippen LogP contribution is -2.51. The number of rotatable bonds is 9. The summed E-state index contributed by atoms with van der Waals surface area (Å²) >= 11 is 6.68.